The Hall–Kier alpha value is -1.39. The number of halogens is 2. The van der Waals surface area contributed by atoms with Crippen LogP contribution in [0.3, 0.4) is 0 Å². The molecule has 0 radical (unpaired) electrons. The quantitative estimate of drug-likeness (QED) is 0.904. The minimum Gasteiger partial charge on any atom is -0.493 e. The molecular weight excluding hydrogens is 335 g/mol. The highest BCUT2D eigenvalue weighted by molar-refractivity contribution is 9.10. The summed E-state index contributed by atoms with van der Waals surface area (Å²) in [6.07, 6.45) is 0.758. The van der Waals surface area contributed by atoms with Crippen molar-refractivity contribution in [3.05, 3.63) is 63.9 Å². The summed E-state index contributed by atoms with van der Waals surface area (Å²) < 4.78 is 19.4. The van der Waals surface area contributed by atoms with Gasteiger partial charge in [0.05, 0.1) is 12.7 Å². The SMILES string of the molecule is OC(Cc1ccc(F)cc1Br)C1CCOc2ccccc21. The molecule has 0 bridgehead atoms. The number of fused-ring (bicyclic) bond motifs is 1. The molecule has 1 aliphatic rings. The molecule has 2 aromatic rings. The van der Waals surface area contributed by atoms with Gasteiger partial charge in [0.15, 0.2) is 0 Å². The minimum absolute atomic E-state index is 0.0481. The first-order valence-corrected chi connectivity index (χ1v) is 7.78. The Labute approximate surface area is 131 Å². The van der Waals surface area contributed by atoms with E-state index < -0.39 is 6.10 Å². The van der Waals surface area contributed by atoms with E-state index in [1.165, 1.54) is 12.1 Å². The van der Waals surface area contributed by atoms with Gasteiger partial charge in [-0.05, 0) is 35.7 Å². The second kappa shape index (κ2) is 6.16. The fraction of sp³-hybridized carbons (Fsp3) is 0.294. The third kappa shape index (κ3) is 3.11. The van der Waals surface area contributed by atoms with Crippen molar-refractivity contribution < 1.29 is 14.2 Å². The van der Waals surface area contributed by atoms with Gasteiger partial charge in [-0.1, -0.05) is 40.2 Å². The van der Waals surface area contributed by atoms with Crippen molar-refractivity contribution in [1.29, 1.82) is 0 Å². The molecule has 4 heteroatoms. The van der Waals surface area contributed by atoms with Crippen LogP contribution in [0, 0.1) is 5.82 Å². The van der Waals surface area contributed by atoms with Crippen LogP contribution in [0.5, 0.6) is 5.75 Å². The van der Waals surface area contributed by atoms with Crippen LogP contribution in [-0.4, -0.2) is 17.8 Å². The standard InChI is InChI=1S/C17H16BrFO2/c18-15-10-12(19)6-5-11(15)9-16(20)13-7-8-21-17-4-2-1-3-14(13)17/h1-6,10,13,16,20H,7-9H2. The smallest absolute Gasteiger partial charge is 0.124 e. The van der Waals surface area contributed by atoms with Crippen molar-refractivity contribution >= 4 is 15.9 Å². The lowest BCUT2D eigenvalue weighted by Crippen LogP contribution is -2.26. The van der Waals surface area contributed by atoms with Gasteiger partial charge in [0, 0.05) is 16.8 Å². The summed E-state index contributed by atoms with van der Waals surface area (Å²) in [6, 6.07) is 12.4. The third-order valence-electron chi connectivity index (χ3n) is 3.91. The zero-order chi connectivity index (χ0) is 14.8. The molecular formula is C17H16BrFO2. The number of aliphatic hydroxyl groups excluding tert-OH is 1. The first-order valence-electron chi connectivity index (χ1n) is 6.99. The highest BCUT2D eigenvalue weighted by Gasteiger charge is 2.28. The average molecular weight is 351 g/mol. The molecule has 0 saturated heterocycles. The van der Waals surface area contributed by atoms with E-state index in [0.29, 0.717) is 17.5 Å². The third-order valence-corrected chi connectivity index (χ3v) is 4.65. The van der Waals surface area contributed by atoms with E-state index in [1.807, 2.05) is 24.3 Å². The fourth-order valence-corrected chi connectivity index (χ4v) is 3.34. The van der Waals surface area contributed by atoms with Crippen LogP contribution in [-0.2, 0) is 6.42 Å². The number of rotatable bonds is 3. The highest BCUT2D eigenvalue weighted by Crippen LogP contribution is 2.36. The van der Waals surface area contributed by atoms with Gasteiger partial charge in [0.25, 0.3) is 0 Å². The van der Waals surface area contributed by atoms with Gasteiger partial charge in [0.2, 0.25) is 0 Å². The Morgan fingerprint density at radius 2 is 2.10 bits per heavy atom. The molecule has 0 spiro atoms. The van der Waals surface area contributed by atoms with Crippen molar-refractivity contribution in [2.75, 3.05) is 6.61 Å². The van der Waals surface area contributed by atoms with Gasteiger partial charge in [-0.2, -0.15) is 0 Å². The lowest BCUT2D eigenvalue weighted by molar-refractivity contribution is 0.116. The van der Waals surface area contributed by atoms with Gasteiger partial charge in [-0.15, -0.1) is 0 Å². The van der Waals surface area contributed by atoms with Gasteiger partial charge >= 0.3 is 0 Å². The Morgan fingerprint density at radius 1 is 1.29 bits per heavy atom. The molecule has 1 aliphatic heterocycles. The largest absolute Gasteiger partial charge is 0.493 e. The summed E-state index contributed by atoms with van der Waals surface area (Å²) >= 11 is 3.36. The Kier molecular flexibility index (Phi) is 4.27. The van der Waals surface area contributed by atoms with Crippen molar-refractivity contribution in [1.82, 2.24) is 0 Å². The minimum atomic E-state index is -0.517. The van der Waals surface area contributed by atoms with Crippen molar-refractivity contribution in [2.45, 2.75) is 24.9 Å². The van der Waals surface area contributed by atoms with E-state index in [-0.39, 0.29) is 11.7 Å². The van der Waals surface area contributed by atoms with E-state index in [1.54, 1.807) is 6.07 Å². The summed E-state index contributed by atoms with van der Waals surface area (Å²) in [5.74, 6) is 0.620. The van der Waals surface area contributed by atoms with Gasteiger partial charge in [0.1, 0.15) is 11.6 Å². The highest BCUT2D eigenvalue weighted by atomic mass is 79.9. The predicted molar refractivity (Wildman–Crippen MR) is 83.1 cm³/mol. The number of para-hydroxylation sites is 1. The van der Waals surface area contributed by atoms with E-state index in [9.17, 15) is 9.50 Å². The van der Waals surface area contributed by atoms with Crippen LogP contribution in [0.1, 0.15) is 23.5 Å². The van der Waals surface area contributed by atoms with E-state index in [2.05, 4.69) is 15.9 Å². The topological polar surface area (TPSA) is 29.5 Å². The molecule has 3 rings (SSSR count). The van der Waals surface area contributed by atoms with E-state index in [0.717, 1.165) is 23.3 Å². The summed E-state index contributed by atoms with van der Waals surface area (Å²) in [7, 11) is 0. The molecule has 1 N–H and O–H groups in total. The molecule has 2 aromatic carbocycles. The monoisotopic (exact) mass is 350 g/mol. The molecule has 0 amide bonds. The molecule has 21 heavy (non-hydrogen) atoms. The normalized spacial score (nSPS) is 18.7. The zero-order valence-corrected chi connectivity index (χ0v) is 13.0. The second-order valence-corrected chi connectivity index (χ2v) is 6.14. The van der Waals surface area contributed by atoms with Crippen LogP contribution in [0.4, 0.5) is 4.39 Å². The number of hydrogen-bond acceptors (Lipinski definition) is 2. The number of hydrogen-bond donors (Lipinski definition) is 1. The summed E-state index contributed by atoms with van der Waals surface area (Å²) in [5, 5.41) is 10.6. The maximum absolute atomic E-state index is 13.1. The zero-order valence-electron chi connectivity index (χ0n) is 11.4. The van der Waals surface area contributed by atoms with Crippen LogP contribution in [0.2, 0.25) is 0 Å². The Balaban J connectivity index is 1.81. The summed E-state index contributed by atoms with van der Waals surface area (Å²) in [6.45, 7) is 0.614. The molecule has 0 fully saturated rings. The number of ether oxygens (including phenoxy) is 1. The average Bonchev–Trinajstić information content (AvgIpc) is 2.49. The van der Waals surface area contributed by atoms with E-state index >= 15 is 0 Å². The molecule has 110 valence electrons. The van der Waals surface area contributed by atoms with Crippen molar-refractivity contribution in [2.24, 2.45) is 0 Å². The van der Waals surface area contributed by atoms with Gasteiger partial charge in [-0.25, -0.2) is 4.39 Å². The van der Waals surface area contributed by atoms with Gasteiger partial charge < -0.3 is 9.84 Å². The van der Waals surface area contributed by atoms with Crippen LogP contribution < -0.4 is 4.74 Å². The molecule has 1 heterocycles. The van der Waals surface area contributed by atoms with E-state index in [4.69, 9.17) is 4.74 Å². The predicted octanol–water partition coefficient (Wildman–Crippen LogP) is 4.06. The molecule has 0 saturated carbocycles. The van der Waals surface area contributed by atoms with Crippen LogP contribution in [0.25, 0.3) is 0 Å². The first kappa shape index (κ1) is 14.5. The number of aliphatic hydroxyl groups is 1. The van der Waals surface area contributed by atoms with Crippen molar-refractivity contribution in [3.63, 3.8) is 0 Å². The lowest BCUT2D eigenvalue weighted by Gasteiger charge is -2.29. The maximum atomic E-state index is 13.1. The second-order valence-electron chi connectivity index (χ2n) is 5.29. The molecule has 0 aromatic heterocycles. The first-order chi connectivity index (χ1) is 10.1. The fourth-order valence-electron chi connectivity index (χ4n) is 2.82. The number of benzene rings is 2. The Bertz CT molecular complexity index is 644. The molecule has 0 aliphatic carbocycles. The van der Waals surface area contributed by atoms with Crippen molar-refractivity contribution in [3.8, 4) is 5.75 Å². The molecule has 2 unspecified atom stereocenters. The maximum Gasteiger partial charge on any atom is 0.124 e. The summed E-state index contributed by atoms with van der Waals surface area (Å²) in [4.78, 5) is 0. The van der Waals surface area contributed by atoms with Gasteiger partial charge in [-0.3, -0.25) is 0 Å². The van der Waals surface area contributed by atoms with Crippen LogP contribution >= 0.6 is 15.9 Å². The molecule has 2 atom stereocenters. The lowest BCUT2D eigenvalue weighted by atomic mass is 9.85. The molecule has 2 nitrogen and oxygen atoms in total. The summed E-state index contributed by atoms with van der Waals surface area (Å²) in [5.41, 5.74) is 1.96. The van der Waals surface area contributed by atoms with Crippen LogP contribution in [0.15, 0.2) is 46.9 Å². The Morgan fingerprint density at radius 3 is 2.90 bits per heavy atom.